The molecule has 0 spiro atoms. The second-order valence-electron chi connectivity index (χ2n) is 5.34. The van der Waals surface area contributed by atoms with E-state index in [1.807, 2.05) is 12.1 Å². The van der Waals surface area contributed by atoms with E-state index >= 15 is 0 Å². The molecule has 0 bridgehead atoms. The molecule has 0 aliphatic carbocycles. The molecule has 0 radical (unpaired) electrons. The molecule has 1 amide bonds. The number of benzene rings is 2. The Morgan fingerprint density at radius 1 is 1.08 bits per heavy atom. The van der Waals surface area contributed by atoms with Crippen LogP contribution in [0.5, 0.6) is 11.5 Å². The van der Waals surface area contributed by atoms with E-state index in [4.69, 9.17) is 25.8 Å². The third-order valence-electron chi connectivity index (χ3n) is 3.49. The standard InChI is InChI=1S/C19H20ClNO5/c1-3-13-4-7-15(8-5-13)25-12-19(23)26-11-18(22)21-16-10-14(20)6-9-17(16)24-2/h4-10H,3,11-12H2,1-2H3,(H,21,22). The number of amides is 1. The van der Waals surface area contributed by atoms with E-state index in [9.17, 15) is 9.59 Å². The third kappa shape index (κ3) is 5.97. The van der Waals surface area contributed by atoms with Crippen LogP contribution >= 0.6 is 11.6 Å². The molecule has 2 aromatic rings. The minimum absolute atomic E-state index is 0.279. The predicted molar refractivity (Wildman–Crippen MR) is 98.9 cm³/mol. The molecule has 26 heavy (non-hydrogen) atoms. The van der Waals surface area contributed by atoms with Crippen LogP contribution in [0.3, 0.4) is 0 Å². The predicted octanol–water partition coefficient (Wildman–Crippen LogP) is 3.47. The molecule has 0 unspecified atom stereocenters. The van der Waals surface area contributed by atoms with Gasteiger partial charge in [-0.3, -0.25) is 4.79 Å². The minimum atomic E-state index is -0.641. The summed E-state index contributed by atoms with van der Waals surface area (Å²) in [7, 11) is 1.48. The number of anilines is 1. The van der Waals surface area contributed by atoms with Crippen molar-refractivity contribution >= 4 is 29.2 Å². The largest absolute Gasteiger partial charge is 0.495 e. The Hall–Kier alpha value is -2.73. The molecule has 2 rings (SSSR count). The fourth-order valence-corrected chi connectivity index (χ4v) is 2.29. The van der Waals surface area contributed by atoms with E-state index in [2.05, 4.69) is 12.2 Å². The highest BCUT2D eigenvalue weighted by atomic mass is 35.5. The van der Waals surface area contributed by atoms with Gasteiger partial charge in [0.05, 0.1) is 12.8 Å². The normalized spacial score (nSPS) is 10.1. The van der Waals surface area contributed by atoms with Gasteiger partial charge >= 0.3 is 5.97 Å². The lowest BCUT2D eigenvalue weighted by Gasteiger charge is -2.11. The van der Waals surface area contributed by atoms with E-state index < -0.39 is 18.5 Å². The molecule has 0 aliphatic rings. The van der Waals surface area contributed by atoms with Gasteiger partial charge in [0.15, 0.2) is 13.2 Å². The van der Waals surface area contributed by atoms with Gasteiger partial charge in [0.1, 0.15) is 11.5 Å². The van der Waals surface area contributed by atoms with Crippen molar-refractivity contribution in [2.75, 3.05) is 25.6 Å². The SMILES string of the molecule is CCc1ccc(OCC(=O)OCC(=O)Nc2cc(Cl)ccc2OC)cc1. The van der Waals surface area contributed by atoms with Crippen LogP contribution in [0.1, 0.15) is 12.5 Å². The molecular formula is C19H20ClNO5. The van der Waals surface area contributed by atoms with Gasteiger partial charge < -0.3 is 19.5 Å². The zero-order chi connectivity index (χ0) is 18.9. The van der Waals surface area contributed by atoms with Crippen LogP contribution in [-0.2, 0) is 20.7 Å². The first-order valence-corrected chi connectivity index (χ1v) is 8.40. The lowest BCUT2D eigenvalue weighted by Crippen LogP contribution is -2.23. The summed E-state index contributed by atoms with van der Waals surface area (Å²) in [4.78, 5) is 23.6. The molecule has 0 saturated carbocycles. The highest BCUT2D eigenvalue weighted by Crippen LogP contribution is 2.27. The summed E-state index contributed by atoms with van der Waals surface area (Å²) >= 11 is 5.89. The molecule has 7 heteroatoms. The number of carbonyl (C=O) groups excluding carboxylic acids is 2. The van der Waals surface area contributed by atoms with Crippen molar-refractivity contribution in [3.63, 3.8) is 0 Å². The summed E-state index contributed by atoms with van der Waals surface area (Å²) < 4.78 is 15.4. The van der Waals surface area contributed by atoms with Crippen molar-refractivity contribution in [1.29, 1.82) is 0 Å². The summed E-state index contributed by atoms with van der Waals surface area (Å²) in [5.41, 5.74) is 1.57. The highest BCUT2D eigenvalue weighted by Gasteiger charge is 2.11. The molecule has 0 saturated heterocycles. The molecule has 0 aliphatic heterocycles. The van der Waals surface area contributed by atoms with Crippen LogP contribution in [-0.4, -0.2) is 32.2 Å². The second kappa shape index (κ2) is 9.68. The van der Waals surface area contributed by atoms with Crippen LogP contribution in [0.15, 0.2) is 42.5 Å². The lowest BCUT2D eigenvalue weighted by atomic mass is 10.2. The molecule has 1 N–H and O–H groups in total. The Bertz CT molecular complexity index is 761. The van der Waals surface area contributed by atoms with Gasteiger partial charge in [-0.1, -0.05) is 30.7 Å². The number of carbonyl (C=O) groups is 2. The Kier molecular flexibility index (Phi) is 7.29. The lowest BCUT2D eigenvalue weighted by molar-refractivity contribution is -0.149. The maximum Gasteiger partial charge on any atom is 0.344 e. The van der Waals surface area contributed by atoms with Gasteiger partial charge in [-0.2, -0.15) is 0 Å². The van der Waals surface area contributed by atoms with Crippen molar-refractivity contribution in [3.8, 4) is 11.5 Å². The Labute approximate surface area is 157 Å². The summed E-state index contributed by atoms with van der Waals surface area (Å²) in [5.74, 6) is -0.135. The molecule has 2 aromatic carbocycles. The maximum atomic E-state index is 11.9. The fourth-order valence-electron chi connectivity index (χ4n) is 2.12. The van der Waals surface area contributed by atoms with Crippen molar-refractivity contribution in [2.45, 2.75) is 13.3 Å². The van der Waals surface area contributed by atoms with Crippen LogP contribution in [0.25, 0.3) is 0 Å². The number of hydrogen-bond acceptors (Lipinski definition) is 5. The Morgan fingerprint density at radius 2 is 1.81 bits per heavy atom. The first kappa shape index (κ1) is 19.6. The molecule has 0 fully saturated rings. The summed E-state index contributed by atoms with van der Waals surface area (Å²) in [6.07, 6.45) is 0.925. The molecule has 0 heterocycles. The minimum Gasteiger partial charge on any atom is -0.495 e. The Morgan fingerprint density at radius 3 is 2.46 bits per heavy atom. The monoisotopic (exact) mass is 377 g/mol. The summed E-state index contributed by atoms with van der Waals surface area (Å²) in [6, 6.07) is 12.2. The van der Waals surface area contributed by atoms with Crippen molar-refractivity contribution < 1.29 is 23.8 Å². The quantitative estimate of drug-likeness (QED) is 0.713. The number of halogens is 1. The fraction of sp³-hybridized carbons (Fsp3) is 0.263. The number of ether oxygens (including phenoxy) is 3. The molecule has 138 valence electrons. The van der Waals surface area contributed by atoms with Gasteiger partial charge in [0, 0.05) is 5.02 Å². The van der Waals surface area contributed by atoms with E-state index in [-0.39, 0.29) is 6.61 Å². The molecule has 0 atom stereocenters. The van der Waals surface area contributed by atoms with E-state index in [1.54, 1.807) is 30.3 Å². The number of nitrogens with one attached hydrogen (secondary N) is 1. The maximum absolute atomic E-state index is 11.9. The van der Waals surface area contributed by atoms with Crippen molar-refractivity contribution in [2.24, 2.45) is 0 Å². The number of methoxy groups -OCH3 is 1. The molecular weight excluding hydrogens is 358 g/mol. The first-order valence-electron chi connectivity index (χ1n) is 8.02. The zero-order valence-corrected chi connectivity index (χ0v) is 15.3. The van der Waals surface area contributed by atoms with Crippen LogP contribution in [0.4, 0.5) is 5.69 Å². The number of hydrogen-bond donors (Lipinski definition) is 1. The summed E-state index contributed by atoms with van der Waals surface area (Å²) in [5, 5.41) is 3.02. The van der Waals surface area contributed by atoms with Crippen LogP contribution in [0, 0.1) is 0 Å². The highest BCUT2D eigenvalue weighted by molar-refractivity contribution is 6.31. The topological polar surface area (TPSA) is 73.9 Å². The zero-order valence-electron chi connectivity index (χ0n) is 14.6. The van der Waals surface area contributed by atoms with Crippen molar-refractivity contribution in [1.82, 2.24) is 0 Å². The number of aryl methyl sites for hydroxylation is 1. The number of rotatable bonds is 8. The van der Waals surface area contributed by atoms with Gasteiger partial charge in [0.2, 0.25) is 0 Å². The second-order valence-corrected chi connectivity index (χ2v) is 5.78. The van der Waals surface area contributed by atoms with E-state index in [0.29, 0.717) is 22.2 Å². The smallest absolute Gasteiger partial charge is 0.344 e. The van der Waals surface area contributed by atoms with Gasteiger partial charge in [-0.15, -0.1) is 0 Å². The third-order valence-corrected chi connectivity index (χ3v) is 3.72. The van der Waals surface area contributed by atoms with Crippen LogP contribution in [0.2, 0.25) is 5.02 Å². The Balaban J connectivity index is 1.77. The first-order chi connectivity index (χ1) is 12.5. The van der Waals surface area contributed by atoms with Gasteiger partial charge in [-0.05, 0) is 42.3 Å². The molecule has 0 aromatic heterocycles. The van der Waals surface area contributed by atoms with Gasteiger partial charge in [-0.25, -0.2) is 4.79 Å². The average Bonchev–Trinajstić information content (AvgIpc) is 2.65. The average molecular weight is 378 g/mol. The van der Waals surface area contributed by atoms with Crippen LogP contribution < -0.4 is 14.8 Å². The van der Waals surface area contributed by atoms with E-state index in [1.165, 1.54) is 12.7 Å². The number of esters is 1. The van der Waals surface area contributed by atoms with Crippen molar-refractivity contribution in [3.05, 3.63) is 53.1 Å². The molecule has 6 nitrogen and oxygen atoms in total. The van der Waals surface area contributed by atoms with Gasteiger partial charge in [0.25, 0.3) is 5.91 Å². The summed E-state index contributed by atoms with van der Waals surface area (Å²) in [6.45, 7) is 1.34. The van der Waals surface area contributed by atoms with E-state index in [0.717, 1.165) is 6.42 Å².